The van der Waals surface area contributed by atoms with E-state index in [-0.39, 0.29) is 6.04 Å². The highest BCUT2D eigenvalue weighted by atomic mass is 16.5. The Balaban J connectivity index is 1.95. The van der Waals surface area contributed by atoms with Gasteiger partial charge >= 0.3 is 11.8 Å². The van der Waals surface area contributed by atoms with Crippen molar-refractivity contribution in [2.24, 2.45) is 11.8 Å². The number of methoxy groups -OCH3 is 1. The molecule has 1 saturated heterocycles. The second kappa shape index (κ2) is 7.49. The number of benzene rings is 1. The first-order valence-electron chi connectivity index (χ1n) is 8.14. The molecule has 0 aliphatic carbocycles. The summed E-state index contributed by atoms with van der Waals surface area (Å²) in [6.07, 6.45) is 1.10. The van der Waals surface area contributed by atoms with Crippen molar-refractivity contribution in [2.75, 3.05) is 20.2 Å². The van der Waals surface area contributed by atoms with Crippen LogP contribution >= 0.6 is 0 Å². The number of nitrogens with one attached hydrogen (secondary N) is 1. The number of piperidine rings is 1. The maximum absolute atomic E-state index is 12.4. The summed E-state index contributed by atoms with van der Waals surface area (Å²) in [5.74, 6) is 0.682. The van der Waals surface area contributed by atoms with Crippen LogP contribution in [0.4, 0.5) is 0 Å². The lowest BCUT2D eigenvalue weighted by Gasteiger charge is -2.34. The maximum atomic E-state index is 12.4. The molecular formula is C18H26N2O3. The van der Waals surface area contributed by atoms with Crippen LogP contribution in [-0.2, 0) is 9.59 Å². The van der Waals surface area contributed by atoms with Crippen molar-refractivity contribution in [1.82, 2.24) is 10.2 Å². The van der Waals surface area contributed by atoms with Gasteiger partial charge in [-0.05, 0) is 42.9 Å². The lowest BCUT2D eigenvalue weighted by atomic mass is 9.92. The Morgan fingerprint density at radius 1 is 1.17 bits per heavy atom. The Labute approximate surface area is 138 Å². The third kappa shape index (κ3) is 4.47. The fourth-order valence-electron chi connectivity index (χ4n) is 3.21. The summed E-state index contributed by atoms with van der Waals surface area (Å²) in [6, 6.07) is 7.23. The van der Waals surface area contributed by atoms with Crippen LogP contribution in [-0.4, -0.2) is 36.9 Å². The van der Waals surface area contributed by atoms with Gasteiger partial charge < -0.3 is 15.0 Å². The number of amides is 2. The van der Waals surface area contributed by atoms with Gasteiger partial charge in [0.25, 0.3) is 0 Å². The Morgan fingerprint density at radius 2 is 1.74 bits per heavy atom. The van der Waals surface area contributed by atoms with Crippen LogP contribution in [0.5, 0.6) is 5.75 Å². The molecule has 5 nitrogen and oxygen atoms in total. The average Bonchev–Trinajstić information content (AvgIpc) is 2.53. The van der Waals surface area contributed by atoms with Crippen LogP contribution in [0.2, 0.25) is 0 Å². The van der Waals surface area contributed by atoms with Crippen LogP contribution in [0.25, 0.3) is 0 Å². The molecule has 1 aromatic rings. The van der Waals surface area contributed by atoms with E-state index in [9.17, 15) is 9.59 Å². The Kier molecular flexibility index (Phi) is 5.64. The van der Waals surface area contributed by atoms with Crippen molar-refractivity contribution >= 4 is 11.8 Å². The van der Waals surface area contributed by atoms with Gasteiger partial charge in [0, 0.05) is 13.1 Å². The molecule has 3 unspecified atom stereocenters. The molecule has 0 aromatic heterocycles. The van der Waals surface area contributed by atoms with E-state index < -0.39 is 11.8 Å². The van der Waals surface area contributed by atoms with E-state index in [1.54, 1.807) is 12.0 Å². The van der Waals surface area contributed by atoms with Crippen LogP contribution in [0, 0.1) is 11.8 Å². The molecule has 2 amide bonds. The first-order chi connectivity index (χ1) is 10.9. The zero-order valence-electron chi connectivity index (χ0n) is 14.3. The normalized spacial score (nSPS) is 22.3. The second-order valence-electron chi connectivity index (χ2n) is 6.62. The molecule has 0 radical (unpaired) electrons. The minimum atomic E-state index is -0.533. The largest absolute Gasteiger partial charge is 0.497 e. The van der Waals surface area contributed by atoms with Gasteiger partial charge in [0.05, 0.1) is 13.2 Å². The number of hydrogen-bond acceptors (Lipinski definition) is 3. The fourth-order valence-corrected chi connectivity index (χ4v) is 3.21. The van der Waals surface area contributed by atoms with Crippen LogP contribution in [0.1, 0.15) is 38.8 Å². The number of carbonyl (C=O) groups is 2. The molecule has 1 heterocycles. The Bertz CT molecular complexity index is 546. The van der Waals surface area contributed by atoms with Gasteiger partial charge in [-0.15, -0.1) is 0 Å². The molecule has 1 aliphatic rings. The van der Waals surface area contributed by atoms with Crippen molar-refractivity contribution in [3.8, 4) is 5.75 Å². The Morgan fingerprint density at radius 3 is 2.26 bits per heavy atom. The minimum Gasteiger partial charge on any atom is -0.497 e. The fraction of sp³-hybridized carbons (Fsp3) is 0.556. The van der Waals surface area contributed by atoms with Gasteiger partial charge in [-0.3, -0.25) is 9.59 Å². The molecule has 1 aliphatic heterocycles. The molecular weight excluding hydrogens is 292 g/mol. The predicted molar refractivity (Wildman–Crippen MR) is 89.1 cm³/mol. The Hall–Kier alpha value is -2.04. The summed E-state index contributed by atoms with van der Waals surface area (Å²) >= 11 is 0. The van der Waals surface area contributed by atoms with Crippen LogP contribution in [0.3, 0.4) is 0 Å². The van der Waals surface area contributed by atoms with Crippen LogP contribution < -0.4 is 10.1 Å². The van der Waals surface area contributed by atoms with E-state index in [4.69, 9.17) is 4.74 Å². The molecule has 3 atom stereocenters. The number of ether oxygens (including phenoxy) is 1. The molecule has 1 aromatic carbocycles. The van der Waals surface area contributed by atoms with Crippen molar-refractivity contribution in [1.29, 1.82) is 0 Å². The van der Waals surface area contributed by atoms with Gasteiger partial charge in [-0.25, -0.2) is 0 Å². The molecule has 2 rings (SSSR count). The van der Waals surface area contributed by atoms with Gasteiger partial charge in [-0.2, -0.15) is 0 Å². The monoisotopic (exact) mass is 318 g/mol. The minimum absolute atomic E-state index is 0.225. The quantitative estimate of drug-likeness (QED) is 0.871. The van der Waals surface area contributed by atoms with Crippen LogP contribution in [0.15, 0.2) is 24.3 Å². The number of rotatable bonds is 3. The molecule has 5 heteroatoms. The summed E-state index contributed by atoms with van der Waals surface area (Å²) in [7, 11) is 1.61. The first-order valence-corrected chi connectivity index (χ1v) is 8.14. The van der Waals surface area contributed by atoms with Crippen molar-refractivity contribution in [3.05, 3.63) is 29.8 Å². The van der Waals surface area contributed by atoms with Crippen molar-refractivity contribution in [2.45, 2.75) is 33.2 Å². The van der Waals surface area contributed by atoms with Crippen molar-refractivity contribution in [3.63, 3.8) is 0 Å². The third-order valence-corrected chi connectivity index (χ3v) is 4.31. The highest BCUT2D eigenvalue weighted by molar-refractivity contribution is 6.35. The summed E-state index contributed by atoms with van der Waals surface area (Å²) in [4.78, 5) is 26.3. The maximum Gasteiger partial charge on any atom is 0.311 e. The highest BCUT2D eigenvalue weighted by Crippen LogP contribution is 2.21. The predicted octanol–water partition coefficient (Wildman–Crippen LogP) is 2.38. The topological polar surface area (TPSA) is 58.6 Å². The lowest BCUT2D eigenvalue weighted by molar-refractivity contribution is -0.147. The number of likely N-dealkylation sites (tertiary alicyclic amines) is 1. The SMILES string of the molecule is COc1ccc(C(C)NC(=O)C(=O)N2CC(C)CC(C)C2)cc1. The molecule has 0 saturated carbocycles. The highest BCUT2D eigenvalue weighted by Gasteiger charge is 2.29. The van der Waals surface area contributed by atoms with Crippen molar-refractivity contribution < 1.29 is 14.3 Å². The molecule has 0 spiro atoms. The van der Waals surface area contributed by atoms with Gasteiger partial charge in [0.2, 0.25) is 0 Å². The third-order valence-electron chi connectivity index (χ3n) is 4.31. The lowest BCUT2D eigenvalue weighted by Crippen LogP contribution is -2.49. The molecule has 23 heavy (non-hydrogen) atoms. The summed E-state index contributed by atoms with van der Waals surface area (Å²) < 4.78 is 5.12. The van der Waals surface area contributed by atoms with Gasteiger partial charge in [0.15, 0.2) is 0 Å². The molecule has 0 bridgehead atoms. The molecule has 1 N–H and O–H groups in total. The van der Waals surface area contributed by atoms with E-state index in [1.165, 1.54) is 0 Å². The van der Waals surface area contributed by atoms with E-state index in [0.717, 1.165) is 17.7 Å². The van der Waals surface area contributed by atoms with E-state index in [1.807, 2.05) is 31.2 Å². The van der Waals surface area contributed by atoms with E-state index in [0.29, 0.717) is 24.9 Å². The standard InChI is InChI=1S/C18H26N2O3/c1-12-9-13(2)11-20(10-12)18(22)17(21)19-14(3)15-5-7-16(23-4)8-6-15/h5-8,12-14H,9-11H2,1-4H3,(H,19,21). The average molecular weight is 318 g/mol. The van der Waals surface area contributed by atoms with Gasteiger partial charge in [0.1, 0.15) is 5.75 Å². The van der Waals surface area contributed by atoms with E-state index in [2.05, 4.69) is 19.2 Å². The molecule has 126 valence electrons. The summed E-state index contributed by atoms with van der Waals surface area (Å²) in [5.41, 5.74) is 0.937. The number of hydrogen-bond donors (Lipinski definition) is 1. The zero-order chi connectivity index (χ0) is 17.0. The summed E-state index contributed by atoms with van der Waals surface area (Å²) in [5, 5.41) is 2.79. The van der Waals surface area contributed by atoms with Gasteiger partial charge in [-0.1, -0.05) is 26.0 Å². The second-order valence-corrected chi connectivity index (χ2v) is 6.62. The smallest absolute Gasteiger partial charge is 0.311 e. The summed E-state index contributed by atoms with van der Waals surface area (Å²) in [6.45, 7) is 7.43. The zero-order valence-corrected chi connectivity index (χ0v) is 14.3. The number of nitrogens with zero attached hydrogens (tertiary/aromatic N) is 1. The molecule has 1 fully saturated rings. The number of carbonyl (C=O) groups excluding carboxylic acids is 2. The van der Waals surface area contributed by atoms with E-state index >= 15 is 0 Å². The first kappa shape index (κ1) is 17.3.